The first kappa shape index (κ1) is 11.8. The van der Waals surface area contributed by atoms with Gasteiger partial charge in [-0.25, -0.2) is 4.98 Å². The Hall–Kier alpha value is -1.22. The van der Waals surface area contributed by atoms with Crippen LogP contribution < -0.4 is 5.73 Å². The Bertz CT molecular complexity index is 590. The number of fused-ring (bicyclic) bond motifs is 1. The predicted molar refractivity (Wildman–Crippen MR) is 75.8 cm³/mol. The van der Waals surface area contributed by atoms with Crippen molar-refractivity contribution < 1.29 is 0 Å². The van der Waals surface area contributed by atoms with Gasteiger partial charge in [0, 0.05) is 11.1 Å². The standard InChI is InChI=1S/C14H18ClN3/c1-8-3-6-12(9(8)2)18-13-7-10(15)4-5-11(13)17-14(18)16/h4-5,7-9,12H,3,6H2,1-2H3,(H2,16,17). The van der Waals surface area contributed by atoms with Gasteiger partial charge in [-0.2, -0.15) is 0 Å². The van der Waals surface area contributed by atoms with Crippen molar-refractivity contribution in [1.82, 2.24) is 9.55 Å². The molecule has 3 unspecified atom stereocenters. The highest BCUT2D eigenvalue weighted by Gasteiger charge is 2.32. The maximum absolute atomic E-state index is 6.10. The van der Waals surface area contributed by atoms with E-state index >= 15 is 0 Å². The summed E-state index contributed by atoms with van der Waals surface area (Å²) in [6.07, 6.45) is 2.43. The molecule has 1 fully saturated rings. The fraction of sp³-hybridized carbons (Fsp3) is 0.500. The number of benzene rings is 1. The summed E-state index contributed by atoms with van der Waals surface area (Å²) in [6.45, 7) is 4.62. The molecule has 3 nitrogen and oxygen atoms in total. The van der Waals surface area contributed by atoms with Crippen molar-refractivity contribution in [3.05, 3.63) is 23.2 Å². The smallest absolute Gasteiger partial charge is 0.201 e. The molecule has 1 saturated carbocycles. The third kappa shape index (κ3) is 1.69. The summed E-state index contributed by atoms with van der Waals surface area (Å²) in [7, 11) is 0. The molecule has 2 N–H and O–H groups in total. The van der Waals surface area contributed by atoms with Crippen LogP contribution in [0, 0.1) is 11.8 Å². The summed E-state index contributed by atoms with van der Waals surface area (Å²) in [6, 6.07) is 6.22. The molecule has 3 atom stereocenters. The van der Waals surface area contributed by atoms with Crippen molar-refractivity contribution in [1.29, 1.82) is 0 Å². The number of halogens is 1. The number of nitrogens with two attached hydrogens (primary N) is 1. The number of hydrogen-bond acceptors (Lipinski definition) is 2. The quantitative estimate of drug-likeness (QED) is 0.849. The Morgan fingerprint density at radius 3 is 2.78 bits per heavy atom. The van der Waals surface area contributed by atoms with E-state index in [-0.39, 0.29) is 0 Å². The van der Waals surface area contributed by atoms with E-state index in [4.69, 9.17) is 17.3 Å². The third-order valence-corrected chi connectivity index (χ3v) is 4.67. The second kappa shape index (κ2) is 4.16. The number of nitrogen functional groups attached to an aromatic ring is 1. The van der Waals surface area contributed by atoms with Crippen LogP contribution in [0.1, 0.15) is 32.7 Å². The third-order valence-electron chi connectivity index (χ3n) is 4.43. The highest BCUT2D eigenvalue weighted by Crippen LogP contribution is 2.42. The molecule has 2 aromatic rings. The van der Waals surface area contributed by atoms with Gasteiger partial charge in [-0.05, 0) is 42.9 Å². The van der Waals surface area contributed by atoms with E-state index in [0.717, 1.165) is 22.0 Å². The SMILES string of the molecule is CC1CCC(n2c(N)nc3ccc(Cl)cc32)C1C. The van der Waals surface area contributed by atoms with Gasteiger partial charge in [0.25, 0.3) is 0 Å². The molecule has 0 bridgehead atoms. The van der Waals surface area contributed by atoms with Gasteiger partial charge < -0.3 is 10.3 Å². The zero-order valence-electron chi connectivity index (χ0n) is 10.7. The Kier molecular flexibility index (Phi) is 2.74. The lowest BCUT2D eigenvalue weighted by Gasteiger charge is -2.21. The molecule has 0 spiro atoms. The molecule has 1 aliphatic carbocycles. The molecule has 0 aliphatic heterocycles. The van der Waals surface area contributed by atoms with E-state index in [1.54, 1.807) is 0 Å². The van der Waals surface area contributed by atoms with Crippen molar-refractivity contribution in [2.45, 2.75) is 32.7 Å². The minimum atomic E-state index is 0.448. The maximum Gasteiger partial charge on any atom is 0.201 e. The molecule has 1 aromatic heterocycles. The molecule has 3 rings (SSSR count). The zero-order chi connectivity index (χ0) is 12.9. The first-order chi connectivity index (χ1) is 8.58. The van der Waals surface area contributed by atoms with Crippen molar-refractivity contribution in [2.75, 3.05) is 5.73 Å². The second-order valence-corrected chi connectivity index (χ2v) is 5.89. The van der Waals surface area contributed by atoms with Crippen LogP contribution in [-0.4, -0.2) is 9.55 Å². The van der Waals surface area contributed by atoms with Crippen molar-refractivity contribution in [2.24, 2.45) is 11.8 Å². The summed E-state index contributed by atoms with van der Waals surface area (Å²) in [5, 5.41) is 0.738. The predicted octanol–water partition coefficient (Wildman–Crippen LogP) is 3.88. The zero-order valence-corrected chi connectivity index (χ0v) is 11.5. The lowest BCUT2D eigenvalue weighted by Crippen LogP contribution is -2.16. The molecule has 1 aromatic carbocycles. The first-order valence-corrected chi connectivity index (χ1v) is 6.88. The van der Waals surface area contributed by atoms with Gasteiger partial charge in [0.05, 0.1) is 11.0 Å². The number of rotatable bonds is 1. The summed E-state index contributed by atoms with van der Waals surface area (Å²) in [5.41, 5.74) is 8.09. The molecule has 1 aliphatic rings. The van der Waals surface area contributed by atoms with E-state index in [0.29, 0.717) is 17.9 Å². The molecule has 0 amide bonds. The van der Waals surface area contributed by atoms with Crippen molar-refractivity contribution >= 4 is 28.6 Å². The van der Waals surface area contributed by atoms with Crippen LogP contribution in [0.3, 0.4) is 0 Å². The molecule has 1 heterocycles. The minimum Gasteiger partial charge on any atom is -0.369 e. The van der Waals surface area contributed by atoms with Crippen LogP contribution >= 0.6 is 11.6 Å². The normalized spacial score (nSPS) is 28.1. The van der Waals surface area contributed by atoms with E-state index in [9.17, 15) is 0 Å². The van der Waals surface area contributed by atoms with Crippen molar-refractivity contribution in [3.63, 3.8) is 0 Å². The second-order valence-electron chi connectivity index (χ2n) is 5.45. The van der Waals surface area contributed by atoms with Gasteiger partial charge in [-0.15, -0.1) is 0 Å². The Morgan fingerprint density at radius 1 is 1.33 bits per heavy atom. The minimum absolute atomic E-state index is 0.448. The molecule has 0 radical (unpaired) electrons. The average molecular weight is 264 g/mol. The van der Waals surface area contributed by atoms with E-state index in [1.165, 1.54) is 12.8 Å². The van der Waals surface area contributed by atoms with Crippen LogP contribution in [0.2, 0.25) is 5.02 Å². The monoisotopic (exact) mass is 263 g/mol. The topological polar surface area (TPSA) is 43.8 Å². The Morgan fingerprint density at radius 2 is 2.11 bits per heavy atom. The largest absolute Gasteiger partial charge is 0.369 e. The summed E-state index contributed by atoms with van der Waals surface area (Å²) >= 11 is 6.09. The number of anilines is 1. The van der Waals surface area contributed by atoms with Crippen LogP contribution in [0.5, 0.6) is 0 Å². The number of imidazole rings is 1. The summed E-state index contributed by atoms with van der Waals surface area (Å²) < 4.78 is 2.18. The lowest BCUT2D eigenvalue weighted by molar-refractivity contribution is 0.361. The molecule has 4 heteroatoms. The van der Waals surface area contributed by atoms with Gasteiger partial charge in [-0.1, -0.05) is 25.4 Å². The molecule has 0 saturated heterocycles. The van der Waals surface area contributed by atoms with Gasteiger partial charge in [0.1, 0.15) is 0 Å². The number of aromatic nitrogens is 2. The van der Waals surface area contributed by atoms with E-state index in [1.807, 2.05) is 18.2 Å². The molecule has 18 heavy (non-hydrogen) atoms. The summed E-state index contributed by atoms with van der Waals surface area (Å²) in [4.78, 5) is 4.44. The lowest BCUT2D eigenvalue weighted by atomic mass is 9.97. The van der Waals surface area contributed by atoms with Gasteiger partial charge in [0.15, 0.2) is 0 Å². The molecule has 96 valence electrons. The fourth-order valence-corrected chi connectivity index (χ4v) is 3.30. The van der Waals surface area contributed by atoms with Gasteiger partial charge in [-0.3, -0.25) is 0 Å². The first-order valence-electron chi connectivity index (χ1n) is 6.51. The van der Waals surface area contributed by atoms with Crippen LogP contribution in [0.4, 0.5) is 5.95 Å². The maximum atomic E-state index is 6.10. The van der Waals surface area contributed by atoms with Gasteiger partial charge in [0.2, 0.25) is 5.95 Å². The highest BCUT2D eigenvalue weighted by molar-refractivity contribution is 6.31. The number of hydrogen-bond donors (Lipinski definition) is 1. The van der Waals surface area contributed by atoms with E-state index < -0.39 is 0 Å². The molecular weight excluding hydrogens is 246 g/mol. The summed E-state index contributed by atoms with van der Waals surface area (Å²) in [5.74, 6) is 1.98. The Balaban J connectivity index is 2.16. The van der Waals surface area contributed by atoms with Crippen LogP contribution in [-0.2, 0) is 0 Å². The number of nitrogens with zero attached hydrogens (tertiary/aromatic N) is 2. The highest BCUT2D eigenvalue weighted by atomic mass is 35.5. The van der Waals surface area contributed by atoms with E-state index in [2.05, 4.69) is 23.4 Å². The van der Waals surface area contributed by atoms with Crippen LogP contribution in [0.15, 0.2) is 18.2 Å². The Labute approximate surface area is 112 Å². The van der Waals surface area contributed by atoms with Gasteiger partial charge >= 0.3 is 0 Å². The van der Waals surface area contributed by atoms with Crippen LogP contribution in [0.25, 0.3) is 11.0 Å². The molecular formula is C14H18ClN3. The average Bonchev–Trinajstić information content (AvgIpc) is 2.81. The van der Waals surface area contributed by atoms with Crippen molar-refractivity contribution in [3.8, 4) is 0 Å². The fourth-order valence-electron chi connectivity index (χ4n) is 3.14.